The summed E-state index contributed by atoms with van der Waals surface area (Å²) in [6.07, 6.45) is 3.40. The number of rotatable bonds is 21. The zero-order valence-corrected chi connectivity index (χ0v) is 36.9. The van der Waals surface area contributed by atoms with Crippen LogP contribution in [0, 0.1) is 17.8 Å². The number of benzene rings is 3. The standard InChI is InChI=1S/C49H71N5O7/c1-33(2)24-42(47(59)54(32-38-23-15-22-37(25-38)31-50)45(57)30-43(55)40(51)27-35-18-11-7-12-19-35)52-46(58)39(26-34-16-9-6-10-17-34)29-44(56)41(28-36-20-13-8-14-21-36)53-48(60)61-49(3,4)5/h6,8-10,13-17,20-23,25,33,35,39-44,55-56H,7,11-12,18-19,24,26-32,50-51H2,1-5H3,(H,52,58)(H,53,60)/t39?,40-,41?,42-,43-,44?/m0/s1. The number of ether oxygens (including phenoxy) is 1. The Morgan fingerprint density at radius 2 is 1.38 bits per heavy atom. The van der Waals surface area contributed by atoms with E-state index in [1.165, 1.54) is 6.42 Å². The molecule has 0 aliphatic heterocycles. The second-order valence-corrected chi connectivity index (χ2v) is 18.3. The Hall–Kier alpha value is -4.62. The van der Waals surface area contributed by atoms with Crippen molar-refractivity contribution < 1.29 is 34.1 Å². The zero-order valence-electron chi connectivity index (χ0n) is 36.9. The lowest BCUT2D eigenvalue weighted by Gasteiger charge is -2.32. The van der Waals surface area contributed by atoms with Crippen molar-refractivity contribution >= 4 is 23.8 Å². The second kappa shape index (κ2) is 24.1. The van der Waals surface area contributed by atoms with Crippen molar-refractivity contribution in [1.82, 2.24) is 15.5 Å². The van der Waals surface area contributed by atoms with Crippen molar-refractivity contribution in [2.24, 2.45) is 29.2 Å². The Kier molecular flexibility index (Phi) is 19.4. The maximum absolute atomic E-state index is 14.8. The fourth-order valence-corrected chi connectivity index (χ4v) is 8.15. The number of hydrogen-bond acceptors (Lipinski definition) is 9. The minimum absolute atomic E-state index is 0.0593. The van der Waals surface area contributed by atoms with E-state index in [9.17, 15) is 29.4 Å². The molecule has 3 aromatic rings. The molecule has 4 rings (SSSR count). The molecule has 0 saturated heterocycles. The van der Waals surface area contributed by atoms with Gasteiger partial charge in [0.15, 0.2) is 0 Å². The van der Waals surface area contributed by atoms with E-state index in [1.807, 2.05) is 98.8 Å². The molecule has 4 amide bonds. The van der Waals surface area contributed by atoms with E-state index in [2.05, 4.69) is 10.6 Å². The third kappa shape index (κ3) is 17.0. The number of nitrogens with two attached hydrogens (primary N) is 2. The van der Waals surface area contributed by atoms with Crippen molar-refractivity contribution in [3.8, 4) is 0 Å². The van der Waals surface area contributed by atoms with Gasteiger partial charge in [0.2, 0.25) is 11.8 Å². The van der Waals surface area contributed by atoms with Crippen LogP contribution in [0.4, 0.5) is 4.79 Å². The minimum Gasteiger partial charge on any atom is -0.444 e. The van der Waals surface area contributed by atoms with E-state index in [4.69, 9.17) is 16.2 Å². The lowest BCUT2D eigenvalue weighted by molar-refractivity contribution is -0.150. The molecule has 334 valence electrons. The first-order chi connectivity index (χ1) is 29.0. The summed E-state index contributed by atoms with van der Waals surface area (Å²) < 4.78 is 5.55. The predicted octanol–water partition coefficient (Wildman–Crippen LogP) is 6.33. The molecule has 1 aliphatic carbocycles. The molecule has 1 saturated carbocycles. The van der Waals surface area contributed by atoms with Gasteiger partial charge < -0.3 is 37.1 Å². The van der Waals surface area contributed by atoms with Gasteiger partial charge in [-0.1, -0.05) is 131 Å². The number of alkyl carbamates (subject to hydrolysis) is 1. The Morgan fingerprint density at radius 3 is 1.97 bits per heavy atom. The first-order valence-electron chi connectivity index (χ1n) is 22.1. The van der Waals surface area contributed by atoms with Crippen LogP contribution >= 0.6 is 0 Å². The van der Waals surface area contributed by atoms with Gasteiger partial charge in [-0.3, -0.25) is 19.3 Å². The SMILES string of the molecule is CC(C)C[C@H](NC(=O)C(Cc1ccccc1)CC(O)C(Cc1ccccc1)NC(=O)OC(C)(C)C)C(=O)N(Cc1cccc(CN)c1)C(=O)C[C@H](O)[C@@H](N)CC1CCCCC1. The maximum atomic E-state index is 14.8. The third-order valence-electron chi connectivity index (χ3n) is 11.4. The van der Waals surface area contributed by atoms with Gasteiger partial charge >= 0.3 is 6.09 Å². The first kappa shape index (κ1) is 49.0. The lowest BCUT2D eigenvalue weighted by atomic mass is 9.83. The van der Waals surface area contributed by atoms with Crippen LogP contribution in [0.3, 0.4) is 0 Å². The number of hydrogen-bond donors (Lipinski definition) is 6. The van der Waals surface area contributed by atoms with Crippen molar-refractivity contribution in [3.05, 3.63) is 107 Å². The van der Waals surface area contributed by atoms with E-state index in [0.717, 1.165) is 47.3 Å². The molecule has 1 aliphatic rings. The van der Waals surface area contributed by atoms with Crippen LogP contribution in [0.2, 0.25) is 0 Å². The molecule has 0 bridgehead atoms. The summed E-state index contributed by atoms with van der Waals surface area (Å²) >= 11 is 0. The average molecular weight is 842 g/mol. The van der Waals surface area contributed by atoms with E-state index < -0.39 is 65.7 Å². The van der Waals surface area contributed by atoms with Gasteiger partial charge in [-0.15, -0.1) is 0 Å². The molecule has 0 heterocycles. The molecular formula is C49H71N5O7. The molecule has 0 aromatic heterocycles. The molecule has 1 fully saturated rings. The van der Waals surface area contributed by atoms with Crippen molar-refractivity contribution in [3.63, 3.8) is 0 Å². The van der Waals surface area contributed by atoms with Gasteiger partial charge in [-0.05, 0) is 87.0 Å². The van der Waals surface area contributed by atoms with Gasteiger partial charge in [0.1, 0.15) is 11.6 Å². The van der Waals surface area contributed by atoms with Crippen LogP contribution in [-0.4, -0.2) is 74.9 Å². The molecule has 0 spiro atoms. The predicted molar refractivity (Wildman–Crippen MR) is 239 cm³/mol. The van der Waals surface area contributed by atoms with Gasteiger partial charge in [-0.25, -0.2) is 4.79 Å². The molecule has 3 unspecified atom stereocenters. The van der Waals surface area contributed by atoms with E-state index in [-0.39, 0.29) is 51.1 Å². The molecule has 6 atom stereocenters. The molecule has 12 nitrogen and oxygen atoms in total. The van der Waals surface area contributed by atoms with E-state index in [0.29, 0.717) is 17.9 Å². The number of aliphatic hydroxyl groups is 2. The Morgan fingerprint density at radius 1 is 0.787 bits per heavy atom. The van der Waals surface area contributed by atoms with Crippen molar-refractivity contribution in [1.29, 1.82) is 0 Å². The molecule has 3 aromatic carbocycles. The topological polar surface area (TPSA) is 197 Å². The number of carbonyl (C=O) groups excluding carboxylic acids is 4. The van der Waals surface area contributed by atoms with Crippen molar-refractivity contribution in [2.75, 3.05) is 0 Å². The largest absolute Gasteiger partial charge is 0.444 e. The van der Waals surface area contributed by atoms with Crippen LogP contribution in [0.5, 0.6) is 0 Å². The van der Waals surface area contributed by atoms with Crippen LogP contribution in [0.1, 0.15) is 115 Å². The summed E-state index contributed by atoms with van der Waals surface area (Å²) in [7, 11) is 0. The molecular weight excluding hydrogens is 771 g/mol. The third-order valence-corrected chi connectivity index (χ3v) is 11.4. The summed E-state index contributed by atoms with van der Waals surface area (Å²) in [5.41, 5.74) is 14.9. The van der Waals surface area contributed by atoms with Crippen LogP contribution in [-0.2, 0) is 45.1 Å². The quantitative estimate of drug-likeness (QED) is 0.0711. The molecule has 12 heteroatoms. The van der Waals surface area contributed by atoms with Crippen molar-refractivity contribution in [2.45, 2.75) is 154 Å². The molecule has 61 heavy (non-hydrogen) atoms. The van der Waals surface area contributed by atoms with Gasteiger partial charge in [-0.2, -0.15) is 0 Å². The zero-order chi connectivity index (χ0) is 44.5. The highest BCUT2D eigenvalue weighted by atomic mass is 16.6. The van der Waals surface area contributed by atoms with Crippen LogP contribution in [0.15, 0.2) is 84.9 Å². The van der Waals surface area contributed by atoms with Gasteiger partial charge in [0.05, 0.1) is 31.2 Å². The fourth-order valence-electron chi connectivity index (χ4n) is 8.15. The second-order valence-electron chi connectivity index (χ2n) is 18.3. The molecule has 0 radical (unpaired) electrons. The highest BCUT2D eigenvalue weighted by Crippen LogP contribution is 2.28. The first-order valence-corrected chi connectivity index (χ1v) is 22.1. The summed E-state index contributed by atoms with van der Waals surface area (Å²) in [4.78, 5) is 57.8. The summed E-state index contributed by atoms with van der Waals surface area (Å²) in [5, 5.41) is 29.0. The summed E-state index contributed by atoms with van der Waals surface area (Å²) in [5.74, 6) is -2.20. The van der Waals surface area contributed by atoms with E-state index >= 15 is 0 Å². The molecule has 8 N–H and O–H groups in total. The lowest BCUT2D eigenvalue weighted by Crippen LogP contribution is -2.53. The highest BCUT2D eigenvalue weighted by Gasteiger charge is 2.36. The highest BCUT2D eigenvalue weighted by molar-refractivity contribution is 5.99. The summed E-state index contributed by atoms with van der Waals surface area (Å²) in [6.45, 7) is 9.30. The van der Waals surface area contributed by atoms with Crippen LogP contribution in [0.25, 0.3) is 0 Å². The number of carbonyl (C=O) groups is 4. The average Bonchev–Trinajstić information content (AvgIpc) is 3.22. The normalized spacial score (nSPS) is 16.4. The number of amides is 4. The Labute approximate surface area is 363 Å². The summed E-state index contributed by atoms with van der Waals surface area (Å²) in [6, 6.07) is 23.6. The monoisotopic (exact) mass is 842 g/mol. The van der Waals surface area contributed by atoms with Crippen LogP contribution < -0.4 is 22.1 Å². The number of nitrogens with one attached hydrogen (secondary N) is 2. The maximum Gasteiger partial charge on any atom is 0.407 e. The Balaban J connectivity index is 1.62. The number of aliphatic hydroxyl groups excluding tert-OH is 2. The fraction of sp³-hybridized carbons (Fsp3) is 0.551. The van der Waals surface area contributed by atoms with Gasteiger partial charge in [0, 0.05) is 18.5 Å². The minimum atomic E-state index is -1.20. The Bertz CT molecular complexity index is 1810. The number of imide groups is 1. The van der Waals surface area contributed by atoms with Gasteiger partial charge in [0.25, 0.3) is 5.91 Å². The van der Waals surface area contributed by atoms with E-state index in [1.54, 1.807) is 20.8 Å². The smallest absolute Gasteiger partial charge is 0.407 e. The number of nitrogens with zero attached hydrogens (tertiary/aromatic N) is 1.